The summed E-state index contributed by atoms with van der Waals surface area (Å²) in [7, 11) is -8.23. The highest BCUT2D eigenvalue weighted by atomic mass is 32.5. The molecule has 0 radical (unpaired) electrons. The Morgan fingerprint density at radius 2 is 1.64 bits per heavy atom. The van der Waals surface area contributed by atoms with Crippen LogP contribution < -0.4 is 0 Å². The fraction of sp³-hybridized carbons (Fsp3) is 0.125. The van der Waals surface area contributed by atoms with Crippen LogP contribution in [0.5, 0.6) is 0 Å². The first kappa shape index (κ1) is 11.0. The average Bonchev–Trinajstić information content (AvgIpc) is 2.00. The van der Waals surface area contributed by atoms with Crippen molar-refractivity contribution in [1.29, 1.82) is 0 Å². The molecular formula is C8H8F4OS. The van der Waals surface area contributed by atoms with Crippen LogP contribution in [0.4, 0.5) is 15.5 Å². The molecule has 0 bridgehead atoms. The van der Waals surface area contributed by atoms with Crippen LogP contribution in [0, 0.1) is 0 Å². The molecule has 0 aliphatic heterocycles. The minimum absolute atomic E-state index is 0.00282. The molecule has 1 aromatic rings. The summed E-state index contributed by atoms with van der Waals surface area (Å²) in [6.45, 7) is 0. The quantitative estimate of drug-likeness (QED) is 0.554. The Balaban J connectivity index is 3.57. The van der Waals surface area contributed by atoms with Gasteiger partial charge in [-0.2, -0.15) is 0 Å². The second-order valence-electron chi connectivity index (χ2n) is 3.14. The minimum atomic E-state index is -8.23. The fourth-order valence-electron chi connectivity index (χ4n) is 1.04. The van der Waals surface area contributed by atoms with Gasteiger partial charge in [0, 0.05) is 5.56 Å². The summed E-state index contributed by atoms with van der Waals surface area (Å²) in [5.74, 6) is 0. The van der Waals surface area contributed by atoms with Gasteiger partial charge in [-0.3, -0.25) is 4.79 Å². The van der Waals surface area contributed by atoms with Gasteiger partial charge >= 0.3 is 0 Å². The van der Waals surface area contributed by atoms with Crippen molar-refractivity contribution in [2.75, 3.05) is 6.26 Å². The maximum atomic E-state index is 12.9. The molecule has 0 aliphatic carbocycles. The van der Waals surface area contributed by atoms with E-state index in [9.17, 15) is 20.3 Å². The van der Waals surface area contributed by atoms with Crippen LogP contribution in [0.15, 0.2) is 29.2 Å². The van der Waals surface area contributed by atoms with Gasteiger partial charge in [0.2, 0.25) is 0 Å². The molecule has 0 saturated carbocycles. The predicted molar refractivity (Wildman–Crippen MR) is 48.0 cm³/mol. The molecule has 0 amide bonds. The highest BCUT2D eigenvalue weighted by Crippen LogP contribution is 2.98. The molecule has 0 heterocycles. The zero-order chi connectivity index (χ0) is 11.1. The number of hydrogen-bond donors (Lipinski definition) is 0. The van der Waals surface area contributed by atoms with Crippen LogP contribution in [-0.2, 0) is 0 Å². The Hall–Kier alpha value is -1.04. The Morgan fingerprint density at radius 3 is 2.00 bits per heavy atom. The lowest BCUT2D eigenvalue weighted by Gasteiger charge is -2.46. The lowest BCUT2D eigenvalue weighted by atomic mass is 10.2. The van der Waals surface area contributed by atoms with Gasteiger partial charge < -0.3 is 0 Å². The van der Waals surface area contributed by atoms with E-state index in [4.69, 9.17) is 0 Å². The molecule has 0 aromatic heterocycles. The van der Waals surface area contributed by atoms with E-state index >= 15 is 0 Å². The highest BCUT2D eigenvalue weighted by molar-refractivity contribution is 8.49. The van der Waals surface area contributed by atoms with Crippen LogP contribution in [0.1, 0.15) is 10.4 Å². The number of halogens is 4. The maximum Gasteiger partial charge on any atom is 0.185 e. The van der Waals surface area contributed by atoms with Gasteiger partial charge in [0.1, 0.15) is 0 Å². The van der Waals surface area contributed by atoms with Gasteiger partial charge in [-0.1, -0.05) is 18.2 Å². The maximum absolute atomic E-state index is 12.9. The van der Waals surface area contributed by atoms with Crippen molar-refractivity contribution in [3.63, 3.8) is 0 Å². The fourth-order valence-corrected chi connectivity index (χ4v) is 2.17. The van der Waals surface area contributed by atoms with Gasteiger partial charge in [-0.15, -0.1) is 15.5 Å². The third-order valence-electron chi connectivity index (χ3n) is 1.60. The Morgan fingerprint density at radius 1 is 1.14 bits per heavy atom. The topological polar surface area (TPSA) is 17.1 Å². The first-order chi connectivity index (χ1) is 6.04. The van der Waals surface area contributed by atoms with Crippen LogP contribution in [0.2, 0.25) is 0 Å². The highest BCUT2D eigenvalue weighted by Gasteiger charge is 2.60. The van der Waals surface area contributed by atoms with Crippen molar-refractivity contribution in [1.82, 2.24) is 0 Å². The van der Waals surface area contributed by atoms with Crippen molar-refractivity contribution < 1.29 is 20.3 Å². The SMILES string of the molecule is CS(F)(F)(F)(F)c1ccccc1C=O. The molecule has 0 unspecified atom stereocenters. The smallest absolute Gasteiger partial charge is 0.185 e. The van der Waals surface area contributed by atoms with Gasteiger partial charge in [0.05, 0.1) is 11.2 Å². The number of benzene rings is 1. The lowest BCUT2D eigenvalue weighted by Crippen LogP contribution is -2.13. The summed E-state index contributed by atoms with van der Waals surface area (Å²) in [5.41, 5.74) is -0.674. The van der Waals surface area contributed by atoms with E-state index in [0.29, 0.717) is 6.07 Å². The van der Waals surface area contributed by atoms with Gasteiger partial charge in [0.25, 0.3) is 0 Å². The van der Waals surface area contributed by atoms with Gasteiger partial charge in [0.15, 0.2) is 16.1 Å². The molecule has 0 saturated heterocycles. The molecular weight excluding hydrogens is 220 g/mol. The summed E-state index contributed by atoms with van der Waals surface area (Å²) < 4.78 is 51.6. The van der Waals surface area contributed by atoms with E-state index in [1.54, 1.807) is 0 Å². The van der Waals surface area contributed by atoms with Gasteiger partial charge in [-0.25, -0.2) is 0 Å². The molecule has 1 aromatic carbocycles. The molecule has 1 nitrogen and oxygen atoms in total. The number of carbonyl (C=O) groups excluding carboxylic acids is 1. The van der Waals surface area contributed by atoms with E-state index in [-0.39, 0.29) is 6.29 Å². The van der Waals surface area contributed by atoms with Crippen molar-refractivity contribution in [2.24, 2.45) is 0 Å². The molecule has 0 spiro atoms. The molecule has 0 atom stereocenters. The minimum Gasteiger partial charge on any atom is -0.298 e. The molecule has 6 heteroatoms. The molecule has 0 N–H and O–H groups in total. The normalized spacial score (nSPS) is 16.9. The zero-order valence-electron chi connectivity index (χ0n) is 7.22. The van der Waals surface area contributed by atoms with E-state index in [1.807, 2.05) is 0 Å². The number of hydrogen-bond acceptors (Lipinski definition) is 1. The first-order valence-corrected chi connectivity index (χ1v) is 6.04. The Kier molecular flexibility index (Phi) is 1.82. The lowest BCUT2D eigenvalue weighted by molar-refractivity contribution is 0.111. The van der Waals surface area contributed by atoms with Gasteiger partial charge in [-0.05, 0) is 6.07 Å². The average molecular weight is 228 g/mol. The number of carbonyl (C=O) groups is 1. The standard InChI is InChI=1S/C8H8F4OS/c1-14(9,10,11,12)8-5-3-2-4-7(8)6-13/h2-6H,1H3. The van der Waals surface area contributed by atoms with E-state index in [1.165, 1.54) is 6.07 Å². The molecule has 14 heavy (non-hydrogen) atoms. The third-order valence-corrected chi connectivity index (χ3v) is 3.07. The molecule has 0 aliphatic rings. The number of aldehydes is 1. The summed E-state index contributed by atoms with van der Waals surface area (Å²) in [6, 6.07) is 3.80. The largest absolute Gasteiger partial charge is 0.298 e. The second-order valence-corrected chi connectivity index (χ2v) is 6.54. The van der Waals surface area contributed by atoms with E-state index < -0.39 is 26.6 Å². The van der Waals surface area contributed by atoms with Crippen LogP contribution >= 0.6 is 9.84 Å². The molecule has 80 valence electrons. The Bertz CT molecular complexity index is 381. The second kappa shape index (κ2) is 2.31. The number of rotatable bonds is 2. The van der Waals surface area contributed by atoms with Crippen LogP contribution in [-0.4, -0.2) is 12.5 Å². The van der Waals surface area contributed by atoms with Crippen molar-refractivity contribution in [3.8, 4) is 0 Å². The predicted octanol–water partition coefficient (Wildman–Crippen LogP) is 3.90. The summed E-state index contributed by atoms with van der Waals surface area (Å²) in [5, 5.41) is 0. The van der Waals surface area contributed by atoms with Crippen LogP contribution in [0.3, 0.4) is 0 Å². The first-order valence-electron chi connectivity index (χ1n) is 3.58. The molecule has 1 rings (SSSR count). The monoisotopic (exact) mass is 228 g/mol. The summed E-state index contributed by atoms with van der Waals surface area (Å²) in [4.78, 5) is 8.84. The zero-order valence-corrected chi connectivity index (χ0v) is 8.03. The van der Waals surface area contributed by atoms with E-state index in [2.05, 4.69) is 0 Å². The van der Waals surface area contributed by atoms with Crippen molar-refractivity contribution in [2.45, 2.75) is 4.90 Å². The summed E-state index contributed by atoms with van der Waals surface area (Å²) in [6.07, 6.45) is -0.403. The van der Waals surface area contributed by atoms with Crippen molar-refractivity contribution >= 4 is 16.1 Å². The Labute approximate surface area is 78.2 Å². The van der Waals surface area contributed by atoms with Crippen molar-refractivity contribution in [3.05, 3.63) is 29.8 Å². The summed E-state index contributed by atoms with van der Waals surface area (Å²) >= 11 is 0. The van der Waals surface area contributed by atoms with Crippen LogP contribution in [0.25, 0.3) is 0 Å². The third kappa shape index (κ3) is 2.25. The molecule has 0 fully saturated rings. The van der Waals surface area contributed by atoms with E-state index in [0.717, 1.165) is 12.1 Å².